The van der Waals surface area contributed by atoms with E-state index in [9.17, 15) is 9.18 Å². The zero-order chi connectivity index (χ0) is 26.7. The molecule has 2 aromatic heterocycles. The summed E-state index contributed by atoms with van der Waals surface area (Å²) in [6, 6.07) is 9.03. The molecule has 3 aromatic rings. The molecular weight excluding hydrogens is 493 g/mol. The number of nitrogens with zero attached hydrogens (tertiary/aromatic N) is 4. The summed E-state index contributed by atoms with van der Waals surface area (Å²) in [6.45, 7) is 8.88. The number of morpholine rings is 1. The lowest BCUT2D eigenvalue weighted by Gasteiger charge is -2.30. The first-order valence-electron chi connectivity index (χ1n) is 12.5. The van der Waals surface area contributed by atoms with Crippen molar-refractivity contribution in [3.05, 3.63) is 42.3 Å². The van der Waals surface area contributed by atoms with Gasteiger partial charge in [-0.25, -0.2) is 14.4 Å². The molecule has 0 unspecified atom stereocenters. The summed E-state index contributed by atoms with van der Waals surface area (Å²) in [5.74, 6) is 0.810. The zero-order valence-electron chi connectivity index (χ0n) is 21.5. The number of aromatic nitrogens is 3. The van der Waals surface area contributed by atoms with Crippen molar-refractivity contribution in [2.45, 2.75) is 32.8 Å². The van der Waals surface area contributed by atoms with Gasteiger partial charge in [-0.1, -0.05) is 6.92 Å². The topological polar surface area (TPSA) is 123 Å². The Morgan fingerprint density at radius 1 is 1.16 bits per heavy atom. The highest BCUT2D eigenvalue weighted by atomic mass is 19.1. The van der Waals surface area contributed by atoms with Crippen LogP contribution in [0.15, 0.2) is 36.5 Å². The predicted molar refractivity (Wildman–Crippen MR) is 141 cm³/mol. The smallest absolute Gasteiger partial charge is 0.269 e. The maximum atomic E-state index is 14.6. The fourth-order valence-electron chi connectivity index (χ4n) is 4.02. The Balaban J connectivity index is 1.34. The van der Waals surface area contributed by atoms with E-state index >= 15 is 0 Å². The number of amides is 1. The average Bonchev–Trinajstić information content (AvgIpc) is 2.91. The minimum atomic E-state index is -1.01. The molecule has 1 saturated heterocycles. The molecule has 0 saturated carbocycles. The van der Waals surface area contributed by atoms with Crippen LogP contribution >= 0.6 is 0 Å². The van der Waals surface area contributed by atoms with Crippen molar-refractivity contribution in [2.24, 2.45) is 0 Å². The lowest BCUT2D eigenvalue weighted by atomic mass is 10.1. The normalized spacial score (nSPS) is 16.2. The van der Waals surface area contributed by atoms with Gasteiger partial charge >= 0.3 is 0 Å². The van der Waals surface area contributed by atoms with Gasteiger partial charge in [0, 0.05) is 24.8 Å². The SMILES string of the molecule is CCCOc1cc(Nc2ncc(F)c(Nc3ccc4c(n3)NC(=O)C(C)(C)O4)n2)ccc1N1CCOCC1. The molecule has 4 heterocycles. The average molecular weight is 524 g/mol. The van der Waals surface area contributed by atoms with Crippen molar-refractivity contribution in [1.82, 2.24) is 15.0 Å². The molecule has 1 aromatic carbocycles. The molecule has 200 valence electrons. The first-order chi connectivity index (χ1) is 18.3. The number of hydrogen-bond donors (Lipinski definition) is 3. The summed E-state index contributed by atoms with van der Waals surface area (Å²) in [5, 5.41) is 8.67. The molecule has 1 fully saturated rings. The van der Waals surface area contributed by atoms with Gasteiger partial charge in [0.1, 0.15) is 11.6 Å². The Kier molecular flexibility index (Phi) is 7.14. The minimum Gasteiger partial charge on any atom is -0.491 e. The standard InChI is InChI=1S/C26H30FN7O4/c1-4-11-37-20-14-16(5-6-18(20)34-9-12-36-13-10-34)29-25-28-15-17(27)22(33-25)30-21-8-7-19-23(31-21)32-24(35)26(2,3)38-19/h5-8,14-15H,4,9-13H2,1-3H3,(H3,28,29,30,31,32,33,35). The highest BCUT2D eigenvalue weighted by molar-refractivity contribution is 5.99. The van der Waals surface area contributed by atoms with Crippen molar-refractivity contribution in [1.29, 1.82) is 0 Å². The van der Waals surface area contributed by atoms with Crippen LogP contribution in [-0.2, 0) is 9.53 Å². The molecule has 5 rings (SSSR count). The zero-order valence-corrected chi connectivity index (χ0v) is 21.5. The third kappa shape index (κ3) is 5.54. The van der Waals surface area contributed by atoms with E-state index in [1.807, 2.05) is 18.2 Å². The lowest BCUT2D eigenvalue weighted by molar-refractivity contribution is -0.129. The number of rotatable bonds is 8. The molecule has 2 aliphatic heterocycles. The Bertz CT molecular complexity index is 1330. The van der Waals surface area contributed by atoms with Crippen molar-refractivity contribution in [3.8, 4) is 11.5 Å². The summed E-state index contributed by atoms with van der Waals surface area (Å²) in [4.78, 5) is 27.1. The van der Waals surface area contributed by atoms with Gasteiger partial charge in [-0.15, -0.1) is 0 Å². The predicted octanol–water partition coefficient (Wildman–Crippen LogP) is 4.23. The van der Waals surface area contributed by atoms with Crippen LogP contribution in [0.25, 0.3) is 0 Å². The second-order valence-electron chi connectivity index (χ2n) is 9.38. The minimum absolute atomic E-state index is 0.0780. The number of pyridine rings is 1. The molecule has 1 amide bonds. The maximum Gasteiger partial charge on any atom is 0.269 e. The molecule has 38 heavy (non-hydrogen) atoms. The van der Waals surface area contributed by atoms with Crippen molar-refractivity contribution in [2.75, 3.05) is 53.8 Å². The number of ether oxygens (including phenoxy) is 3. The van der Waals surface area contributed by atoms with Crippen LogP contribution in [0.2, 0.25) is 0 Å². The quantitative estimate of drug-likeness (QED) is 0.395. The molecule has 0 radical (unpaired) electrons. The second-order valence-corrected chi connectivity index (χ2v) is 9.38. The molecule has 0 bridgehead atoms. The molecule has 0 spiro atoms. The Hall–Kier alpha value is -4.19. The first kappa shape index (κ1) is 25.5. The molecule has 0 aliphatic carbocycles. The van der Waals surface area contributed by atoms with E-state index in [1.165, 1.54) is 0 Å². The Labute approximate surface area is 219 Å². The van der Waals surface area contributed by atoms with E-state index in [0.29, 0.717) is 31.3 Å². The number of benzene rings is 1. The summed E-state index contributed by atoms with van der Waals surface area (Å²) >= 11 is 0. The summed E-state index contributed by atoms with van der Waals surface area (Å²) in [7, 11) is 0. The maximum absolute atomic E-state index is 14.6. The molecule has 12 heteroatoms. The third-order valence-electron chi connectivity index (χ3n) is 6.02. The van der Waals surface area contributed by atoms with Crippen LogP contribution in [-0.4, -0.2) is 59.4 Å². The molecule has 11 nitrogen and oxygen atoms in total. The number of carbonyl (C=O) groups is 1. The van der Waals surface area contributed by atoms with Crippen LogP contribution in [0.1, 0.15) is 27.2 Å². The largest absolute Gasteiger partial charge is 0.491 e. The van der Waals surface area contributed by atoms with Crippen LogP contribution in [0.5, 0.6) is 11.5 Å². The molecule has 0 atom stereocenters. The van der Waals surface area contributed by atoms with Crippen LogP contribution in [0.3, 0.4) is 0 Å². The monoisotopic (exact) mass is 523 g/mol. The number of halogens is 1. The van der Waals surface area contributed by atoms with E-state index < -0.39 is 11.4 Å². The fraction of sp³-hybridized carbons (Fsp3) is 0.385. The van der Waals surface area contributed by atoms with Crippen molar-refractivity contribution in [3.63, 3.8) is 0 Å². The molecule has 2 aliphatic rings. The molecular formula is C26H30FN7O4. The Morgan fingerprint density at radius 3 is 2.76 bits per heavy atom. The van der Waals surface area contributed by atoms with Crippen molar-refractivity contribution >= 4 is 40.7 Å². The summed E-state index contributed by atoms with van der Waals surface area (Å²) in [6.07, 6.45) is 1.95. The van der Waals surface area contributed by atoms with Gasteiger partial charge in [0.15, 0.2) is 28.8 Å². The van der Waals surface area contributed by atoms with Gasteiger partial charge in [-0.3, -0.25) is 4.79 Å². The molecule has 3 N–H and O–H groups in total. The summed E-state index contributed by atoms with van der Waals surface area (Å²) < 4.78 is 31.8. The second kappa shape index (κ2) is 10.7. The van der Waals surface area contributed by atoms with Gasteiger partial charge in [0.05, 0.1) is 31.7 Å². The van der Waals surface area contributed by atoms with Gasteiger partial charge in [0.2, 0.25) is 5.95 Å². The van der Waals surface area contributed by atoms with Crippen LogP contribution in [0.4, 0.5) is 39.2 Å². The van der Waals surface area contributed by atoms with Gasteiger partial charge < -0.3 is 35.1 Å². The van der Waals surface area contributed by atoms with Gasteiger partial charge in [-0.2, -0.15) is 4.98 Å². The summed E-state index contributed by atoms with van der Waals surface area (Å²) in [5.41, 5.74) is 0.679. The first-order valence-corrected chi connectivity index (χ1v) is 12.5. The number of anilines is 6. The number of nitrogens with one attached hydrogen (secondary N) is 3. The van der Waals surface area contributed by atoms with Gasteiger partial charge in [0.25, 0.3) is 5.91 Å². The van der Waals surface area contributed by atoms with Gasteiger partial charge in [-0.05, 0) is 44.5 Å². The number of hydrogen-bond acceptors (Lipinski definition) is 10. The van der Waals surface area contributed by atoms with E-state index in [4.69, 9.17) is 14.2 Å². The number of carbonyl (C=O) groups excluding carboxylic acids is 1. The fourth-order valence-corrected chi connectivity index (χ4v) is 4.02. The highest BCUT2D eigenvalue weighted by Crippen LogP contribution is 2.35. The third-order valence-corrected chi connectivity index (χ3v) is 6.02. The van der Waals surface area contributed by atoms with E-state index in [0.717, 1.165) is 37.1 Å². The van der Waals surface area contributed by atoms with Crippen LogP contribution in [0, 0.1) is 5.82 Å². The van der Waals surface area contributed by atoms with E-state index in [2.05, 4.69) is 42.7 Å². The van der Waals surface area contributed by atoms with Crippen LogP contribution < -0.4 is 30.3 Å². The highest BCUT2D eigenvalue weighted by Gasteiger charge is 2.36. The van der Waals surface area contributed by atoms with E-state index in [1.54, 1.807) is 26.0 Å². The Morgan fingerprint density at radius 2 is 1.97 bits per heavy atom. The van der Waals surface area contributed by atoms with Crippen molar-refractivity contribution < 1.29 is 23.4 Å². The lowest BCUT2D eigenvalue weighted by Crippen LogP contribution is -2.46. The van der Waals surface area contributed by atoms with E-state index in [-0.39, 0.29) is 29.3 Å². The number of fused-ring (bicyclic) bond motifs is 1.